The highest BCUT2D eigenvalue weighted by molar-refractivity contribution is 6.55. The second kappa shape index (κ2) is 5.56. The summed E-state index contributed by atoms with van der Waals surface area (Å²) in [6, 6.07) is 11.7. The lowest BCUT2D eigenvalue weighted by molar-refractivity contribution is -0.112. The van der Waals surface area contributed by atoms with Crippen molar-refractivity contribution in [1.29, 1.82) is 0 Å². The molecular formula is C22H22N2O2. The summed E-state index contributed by atoms with van der Waals surface area (Å²) in [7, 11) is 1.63. The molecule has 0 unspecified atom stereocenters. The third-order valence-corrected chi connectivity index (χ3v) is 5.02. The lowest BCUT2D eigenvalue weighted by Crippen LogP contribution is -2.47. The number of hydrogen-bond acceptors (Lipinski definition) is 3. The Morgan fingerprint density at radius 2 is 1.69 bits per heavy atom. The van der Waals surface area contributed by atoms with Gasteiger partial charge in [0.15, 0.2) is 0 Å². The van der Waals surface area contributed by atoms with Crippen molar-refractivity contribution >= 4 is 28.6 Å². The molecule has 26 heavy (non-hydrogen) atoms. The molecular weight excluding hydrogens is 324 g/mol. The molecule has 1 amide bonds. The average molecular weight is 346 g/mol. The van der Waals surface area contributed by atoms with E-state index in [0.717, 1.165) is 33.8 Å². The molecule has 4 rings (SSSR count). The Morgan fingerprint density at radius 1 is 1.04 bits per heavy atom. The summed E-state index contributed by atoms with van der Waals surface area (Å²) in [5, 5.41) is 0. The number of rotatable bonds is 2. The Kier molecular flexibility index (Phi) is 3.55. The summed E-state index contributed by atoms with van der Waals surface area (Å²) in [5.41, 5.74) is 6.22. The predicted octanol–water partition coefficient (Wildman–Crippen LogP) is 4.67. The lowest BCUT2D eigenvalue weighted by Gasteiger charge is -2.38. The molecule has 2 aliphatic rings. The van der Waals surface area contributed by atoms with Gasteiger partial charge in [0.1, 0.15) is 11.5 Å². The highest BCUT2D eigenvalue weighted by Gasteiger charge is 2.45. The second-order valence-electron chi connectivity index (χ2n) is 7.49. The van der Waals surface area contributed by atoms with E-state index in [1.807, 2.05) is 29.2 Å². The summed E-state index contributed by atoms with van der Waals surface area (Å²) in [6.45, 7) is 8.30. The molecule has 0 saturated heterocycles. The van der Waals surface area contributed by atoms with E-state index < -0.39 is 0 Å². The van der Waals surface area contributed by atoms with Crippen LogP contribution in [0, 0.1) is 6.92 Å². The lowest BCUT2D eigenvalue weighted by atomic mass is 9.88. The van der Waals surface area contributed by atoms with Crippen molar-refractivity contribution < 1.29 is 9.53 Å². The first kappa shape index (κ1) is 16.6. The fourth-order valence-corrected chi connectivity index (χ4v) is 3.94. The Hall–Kier alpha value is -2.88. The number of carbonyl (C=O) groups is 1. The normalized spacial score (nSPS) is 18.8. The predicted molar refractivity (Wildman–Crippen MR) is 106 cm³/mol. The van der Waals surface area contributed by atoms with Crippen molar-refractivity contribution in [3.63, 3.8) is 0 Å². The van der Waals surface area contributed by atoms with Crippen LogP contribution in [0.1, 0.15) is 37.5 Å². The van der Waals surface area contributed by atoms with Crippen molar-refractivity contribution in [3.8, 4) is 5.75 Å². The Labute approximate surface area is 153 Å². The Balaban J connectivity index is 1.92. The van der Waals surface area contributed by atoms with Crippen molar-refractivity contribution in [1.82, 2.24) is 0 Å². The van der Waals surface area contributed by atoms with Crippen LogP contribution in [0.25, 0.3) is 5.57 Å². The van der Waals surface area contributed by atoms with E-state index in [4.69, 9.17) is 9.73 Å². The molecule has 0 fully saturated rings. The molecule has 0 bridgehead atoms. The summed E-state index contributed by atoms with van der Waals surface area (Å²) in [4.78, 5) is 19.9. The first-order valence-electron chi connectivity index (χ1n) is 8.74. The molecule has 0 radical (unpaired) electrons. The van der Waals surface area contributed by atoms with Gasteiger partial charge in [-0.3, -0.25) is 9.69 Å². The topological polar surface area (TPSA) is 41.9 Å². The van der Waals surface area contributed by atoms with Crippen LogP contribution >= 0.6 is 0 Å². The minimum Gasteiger partial charge on any atom is -0.497 e. The van der Waals surface area contributed by atoms with Crippen LogP contribution in [0.5, 0.6) is 5.75 Å². The number of ether oxygens (including phenoxy) is 1. The molecule has 2 heterocycles. The maximum absolute atomic E-state index is 13.3. The Morgan fingerprint density at radius 3 is 2.35 bits per heavy atom. The zero-order chi connectivity index (χ0) is 18.6. The van der Waals surface area contributed by atoms with E-state index in [-0.39, 0.29) is 11.4 Å². The van der Waals surface area contributed by atoms with E-state index in [0.29, 0.717) is 5.71 Å². The van der Waals surface area contributed by atoms with E-state index in [9.17, 15) is 4.79 Å². The van der Waals surface area contributed by atoms with Crippen LogP contribution in [-0.2, 0) is 4.79 Å². The van der Waals surface area contributed by atoms with Crippen LogP contribution in [0.4, 0.5) is 11.4 Å². The van der Waals surface area contributed by atoms with Crippen molar-refractivity contribution in [3.05, 3.63) is 59.2 Å². The van der Waals surface area contributed by atoms with Gasteiger partial charge >= 0.3 is 0 Å². The van der Waals surface area contributed by atoms with Gasteiger partial charge in [0, 0.05) is 11.1 Å². The van der Waals surface area contributed by atoms with E-state index in [2.05, 4.69) is 45.9 Å². The van der Waals surface area contributed by atoms with Gasteiger partial charge in [0.2, 0.25) is 0 Å². The molecule has 0 N–H and O–H groups in total. The molecule has 2 aromatic carbocycles. The summed E-state index contributed by atoms with van der Waals surface area (Å²) >= 11 is 0. The quantitative estimate of drug-likeness (QED) is 0.793. The van der Waals surface area contributed by atoms with Crippen molar-refractivity contribution in [2.45, 2.75) is 33.2 Å². The van der Waals surface area contributed by atoms with Gasteiger partial charge < -0.3 is 4.74 Å². The molecule has 0 spiro atoms. The number of methoxy groups -OCH3 is 1. The van der Waals surface area contributed by atoms with Crippen LogP contribution in [0.3, 0.4) is 0 Å². The van der Waals surface area contributed by atoms with Gasteiger partial charge in [0.25, 0.3) is 5.91 Å². The van der Waals surface area contributed by atoms with Gasteiger partial charge in [-0.2, -0.15) is 0 Å². The maximum atomic E-state index is 13.3. The van der Waals surface area contributed by atoms with Crippen molar-refractivity contribution in [2.24, 2.45) is 4.99 Å². The molecule has 0 aromatic heterocycles. The van der Waals surface area contributed by atoms with Gasteiger partial charge in [-0.05, 0) is 75.2 Å². The SMILES string of the molecule is COc1ccc(N=C2C(=O)N3c4c(cc(C)cc42)C(C)=CC3(C)C)cc1. The van der Waals surface area contributed by atoms with Crippen molar-refractivity contribution in [2.75, 3.05) is 12.0 Å². The largest absolute Gasteiger partial charge is 0.497 e. The highest BCUT2D eigenvalue weighted by Crippen LogP contribution is 2.46. The zero-order valence-electron chi connectivity index (χ0n) is 15.8. The molecule has 4 nitrogen and oxygen atoms in total. The standard InChI is InChI=1S/C22H22N2O2/c1-13-10-17-14(2)12-22(3,4)24-20(17)18(11-13)19(21(24)25)23-15-6-8-16(26-5)9-7-15/h6-12H,1-5H3. The first-order chi connectivity index (χ1) is 12.3. The number of amides is 1. The number of aryl methyl sites for hydroxylation is 1. The Bertz CT molecular complexity index is 982. The van der Waals surface area contributed by atoms with Crippen LogP contribution in [-0.4, -0.2) is 24.3 Å². The van der Waals surface area contributed by atoms with Crippen LogP contribution in [0.2, 0.25) is 0 Å². The molecule has 0 aliphatic carbocycles. The summed E-state index contributed by atoms with van der Waals surface area (Å²) in [5.74, 6) is 0.724. The minimum atomic E-state index is -0.380. The summed E-state index contributed by atoms with van der Waals surface area (Å²) in [6.07, 6.45) is 2.16. The van der Waals surface area contributed by atoms with Gasteiger partial charge in [-0.1, -0.05) is 6.08 Å². The number of anilines is 1. The summed E-state index contributed by atoms with van der Waals surface area (Å²) < 4.78 is 5.20. The molecule has 132 valence electrons. The number of benzene rings is 2. The van der Waals surface area contributed by atoms with E-state index >= 15 is 0 Å². The maximum Gasteiger partial charge on any atom is 0.278 e. The van der Waals surface area contributed by atoms with E-state index in [1.54, 1.807) is 7.11 Å². The average Bonchev–Trinajstić information content (AvgIpc) is 2.86. The number of allylic oxidation sites excluding steroid dienone is 1. The molecule has 2 aliphatic heterocycles. The first-order valence-corrected chi connectivity index (χ1v) is 8.74. The number of carbonyl (C=O) groups excluding carboxylic acids is 1. The van der Waals surface area contributed by atoms with Crippen LogP contribution < -0.4 is 9.64 Å². The number of nitrogens with zero attached hydrogens (tertiary/aromatic N) is 2. The third kappa shape index (κ3) is 2.37. The van der Waals surface area contributed by atoms with E-state index in [1.165, 1.54) is 5.57 Å². The fraction of sp³-hybridized carbons (Fsp3) is 0.273. The van der Waals surface area contributed by atoms with Crippen LogP contribution in [0.15, 0.2) is 47.5 Å². The second-order valence-corrected chi connectivity index (χ2v) is 7.49. The van der Waals surface area contributed by atoms with Gasteiger partial charge in [-0.15, -0.1) is 0 Å². The van der Waals surface area contributed by atoms with Gasteiger partial charge in [-0.25, -0.2) is 4.99 Å². The smallest absolute Gasteiger partial charge is 0.278 e. The minimum absolute atomic E-state index is 0.0450. The number of aliphatic imine (C=N–C) groups is 1. The molecule has 0 saturated carbocycles. The number of hydrogen-bond donors (Lipinski definition) is 0. The van der Waals surface area contributed by atoms with Gasteiger partial charge in [0.05, 0.1) is 24.0 Å². The zero-order valence-corrected chi connectivity index (χ0v) is 15.8. The third-order valence-electron chi connectivity index (χ3n) is 5.02. The molecule has 0 atom stereocenters. The highest BCUT2D eigenvalue weighted by atomic mass is 16.5. The monoisotopic (exact) mass is 346 g/mol. The fourth-order valence-electron chi connectivity index (χ4n) is 3.94. The molecule has 4 heteroatoms. The molecule has 2 aromatic rings.